The Labute approximate surface area is 133 Å². The lowest BCUT2D eigenvalue weighted by Gasteiger charge is -2.23. The Balaban J connectivity index is 1.74. The first-order valence-electron chi connectivity index (χ1n) is 7.28. The zero-order valence-electron chi connectivity index (χ0n) is 12.5. The number of sulfone groups is 1. The van der Waals surface area contributed by atoms with Gasteiger partial charge in [-0.3, -0.25) is 19.3 Å². The molecule has 23 heavy (non-hydrogen) atoms. The molecule has 2 aliphatic rings. The lowest BCUT2D eigenvalue weighted by molar-refractivity contribution is -0.125. The highest BCUT2D eigenvalue weighted by atomic mass is 32.2. The first kappa shape index (κ1) is 15.7. The smallest absolute Gasteiger partial charge is 0.262 e. The molecule has 1 aromatic carbocycles. The molecule has 1 fully saturated rings. The summed E-state index contributed by atoms with van der Waals surface area (Å²) in [5.41, 5.74) is 0.557. The Morgan fingerprint density at radius 2 is 1.78 bits per heavy atom. The van der Waals surface area contributed by atoms with Crippen LogP contribution in [0.4, 0.5) is 0 Å². The largest absolute Gasteiger partial charge is 0.351 e. The normalized spacial score (nSPS) is 23.7. The highest BCUT2D eigenvalue weighted by Crippen LogP contribution is 2.24. The molecule has 2 aliphatic heterocycles. The zero-order valence-corrected chi connectivity index (χ0v) is 13.3. The van der Waals surface area contributed by atoms with Crippen LogP contribution in [0.2, 0.25) is 0 Å². The standard InChI is InChI=1S/C15H16N2O5S/c1-9(13(18)16-10-6-7-23(21,22)8-10)17-14(19)11-4-2-3-5-12(11)15(17)20/h2-5,9-10H,6-8H2,1H3,(H,16,18)/t9-,10+/m1/s1. The van der Waals surface area contributed by atoms with Crippen molar-refractivity contribution in [3.05, 3.63) is 35.4 Å². The highest BCUT2D eigenvalue weighted by molar-refractivity contribution is 7.91. The van der Waals surface area contributed by atoms with Gasteiger partial charge in [0.05, 0.1) is 22.6 Å². The monoisotopic (exact) mass is 336 g/mol. The Kier molecular flexibility index (Phi) is 3.71. The molecule has 1 N–H and O–H groups in total. The molecule has 2 atom stereocenters. The maximum atomic E-state index is 12.3. The molecular weight excluding hydrogens is 320 g/mol. The van der Waals surface area contributed by atoms with E-state index in [9.17, 15) is 22.8 Å². The summed E-state index contributed by atoms with van der Waals surface area (Å²) >= 11 is 0. The second kappa shape index (κ2) is 5.45. The Morgan fingerprint density at radius 1 is 1.22 bits per heavy atom. The van der Waals surface area contributed by atoms with E-state index in [0.29, 0.717) is 6.42 Å². The number of benzene rings is 1. The molecule has 3 rings (SSSR count). The second-order valence-corrected chi connectivity index (χ2v) is 8.04. The van der Waals surface area contributed by atoms with E-state index in [1.807, 2.05) is 0 Å². The molecule has 8 heteroatoms. The van der Waals surface area contributed by atoms with Gasteiger partial charge in [-0.25, -0.2) is 8.42 Å². The molecule has 0 unspecified atom stereocenters. The molecule has 7 nitrogen and oxygen atoms in total. The summed E-state index contributed by atoms with van der Waals surface area (Å²) < 4.78 is 22.9. The van der Waals surface area contributed by atoms with E-state index in [4.69, 9.17) is 0 Å². The van der Waals surface area contributed by atoms with Crippen LogP contribution >= 0.6 is 0 Å². The summed E-state index contributed by atoms with van der Waals surface area (Å²) in [5, 5.41) is 2.61. The molecule has 3 amide bonds. The van der Waals surface area contributed by atoms with Crippen LogP contribution < -0.4 is 5.32 Å². The van der Waals surface area contributed by atoms with Crippen LogP contribution in [0.15, 0.2) is 24.3 Å². The van der Waals surface area contributed by atoms with E-state index in [0.717, 1.165) is 4.90 Å². The topological polar surface area (TPSA) is 101 Å². The average Bonchev–Trinajstić information content (AvgIpc) is 2.97. The number of amides is 3. The van der Waals surface area contributed by atoms with Gasteiger partial charge in [-0.2, -0.15) is 0 Å². The molecule has 0 radical (unpaired) electrons. The number of hydrogen-bond acceptors (Lipinski definition) is 5. The van der Waals surface area contributed by atoms with Crippen molar-refractivity contribution in [2.45, 2.75) is 25.4 Å². The SMILES string of the molecule is C[C@H](C(=O)N[C@H]1CCS(=O)(=O)C1)N1C(=O)c2ccccc2C1=O. The number of rotatable bonds is 3. The minimum atomic E-state index is -3.11. The Hall–Kier alpha value is -2.22. The van der Waals surface area contributed by atoms with Crippen LogP contribution in [-0.2, 0) is 14.6 Å². The van der Waals surface area contributed by atoms with Gasteiger partial charge >= 0.3 is 0 Å². The maximum absolute atomic E-state index is 12.3. The van der Waals surface area contributed by atoms with Gasteiger partial charge in [-0.05, 0) is 25.5 Å². The molecule has 122 valence electrons. The van der Waals surface area contributed by atoms with Gasteiger partial charge in [0.25, 0.3) is 11.8 Å². The Bertz CT molecular complexity index is 767. The summed E-state index contributed by atoms with van der Waals surface area (Å²) in [6.07, 6.45) is 0.350. The predicted molar refractivity (Wildman–Crippen MR) is 81.6 cm³/mol. The number of carbonyl (C=O) groups is 3. The van der Waals surface area contributed by atoms with Gasteiger partial charge < -0.3 is 5.32 Å². The van der Waals surface area contributed by atoms with Crippen molar-refractivity contribution in [1.29, 1.82) is 0 Å². The first-order chi connectivity index (χ1) is 10.8. The molecular formula is C15H16N2O5S. The van der Waals surface area contributed by atoms with Gasteiger partial charge in [0.1, 0.15) is 6.04 Å². The number of nitrogens with zero attached hydrogens (tertiary/aromatic N) is 1. The van der Waals surface area contributed by atoms with Crippen molar-refractivity contribution >= 4 is 27.6 Å². The molecule has 0 spiro atoms. The molecule has 0 aromatic heterocycles. The van der Waals surface area contributed by atoms with Gasteiger partial charge in [-0.1, -0.05) is 12.1 Å². The molecule has 0 bridgehead atoms. The minimum absolute atomic E-state index is 0.0410. The van der Waals surface area contributed by atoms with E-state index >= 15 is 0 Å². The molecule has 0 aliphatic carbocycles. The van der Waals surface area contributed by atoms with Crippen molar-refractivity contribution < 1.29 is 22.8 Å². The Morgan fingerprint density at radius 3 is 2.26 bits per heavy atom. The van der Waals surface area contributed by atoms with E-state index in [1.54, 1.807) is 24.3 Å². The summed E-state index contributed by atoms with van der Waals surface area (Å²) in [5.74, 6) is -1.60. The quantitative estimate of drug-likeness (QED) is 0.782. The molecule has 2 heterocycles. The van der Waals surface area contributed by atoms with Crippen LogP contribution in [-0.4, -0.2) is 54.6 Å². The zero-order chi connectivity index (χ0) is 16.8. The second-order valence-electron chi connectivity index (χ2n) is 5.81. The van der Waals surface area contributed by atoms with Crippen molar-refractivity contribution in [2.24, 2.45) is 0 Å². The molecule has 1 aromatic rings. The fourth-order valence-electron chi connectivity index (χ4n) is 2.91. The van der Waals surface area contributed by atoms with Gasteiger partial charge in [0, 0.05) is 6.04 Å². The van der Waals surface area contributed by atoms with Crippen LogP contribution in [0.3, 0.4) is 0 Å². The van der Waals surface area contributed by atoms with Crippen LogP contribution in [0.5, 0.6) is 0 Å². The van der Waals surface area contributed by atoms with E-state index in [2.05, 4.69) is 5.32 Å². The number of carbonyl (C=O) groups excluding carboxylic acids is 3. The fourth-order valence-corrected chi connectivity index (χ4v) is 4.58. The first-order valence-corrected chi connectivity index (χ1v) is 9.10. The molecule has 0 saturated carbocycles. The fraction of sp³-hybridized carbons (Fsp3) is 0.400. The summed E-state index contributed by atoms with van der Waals surface area (Å²) in [6, 6.07) is 4.94. The third-order valence-electron chi connectivity index (χ3n) is 4.17. The molecule has 1 saturated heterocycles. The maximum Gasteiger partial charge on any atom is 0.262 e. The van der Waals surface area contributed by atoms with E-state index in [1.165, 1.54) is 6.92 Å². The summed E-state index contributed by atoms with van der Waals surface area (Å²) in [4.78, 5) is 37.9. The van der Waals surface area contributed by atoms with Crippen molar-refractivity contribution in [1.82, 2.24) is 10.2 Å². The number of nitrogens with one attached hydrogen (secondary N) is 1. The third-order valence-corrected chi connectivity index (χ3v) is 5.94. The average molecular weight is 336 g/mol. The van der Waals surface area contributed by atoms with Crippen LogP contribution in [0.25, 0.3) is 0 Å². The highest BCUT2D eigenvalue weighted by Gasteiger charge is 2.41. The summed E-state index contributed by atoms with van der Waals surface area (Å²) in [6.45, 7) is 1.46. The van der Waals surface area contributed by atoms with Gasteiger partial charge in [0.15, 0.2) is 9.84 Å². The van der Waals surface area contributed by atoms with Gasteiger partial charge in [0.2, 0.25) is 5.91 Å². The summed E-state index contributed by atoms with van der Waals surface area (Å²) in [7, 11) is -3.11. The van der Waals surface area contributed by atoms with Crippen LogP contribution in [0.1, 0.15) is 34.1 Å². The number of fused-ring (bicyclic) bond motifs is 1. The lowest BCUT2D eigenvalue weighted by atomic mass is 10.1. The van der Waals surface area contributed by atoms with Crippen molar-refractivity contribution in [3.63, 3.8) is 0 Å². The van der Waals surface area contributed by atoms with Crippen LogP contribution in [0, 0.1) is 0 Å². The van der Waals surface area contributed by atoms with E-state index in [-0.39, 0.29) is 22.6 Å². The van der Waals surface area contributed by atoms with E-state index < -0.39 is 39.6 Å². The predicted octanol–water partition coefficient (Wildman–Crippen LogP) is -0.0256. The van der Waals surface area contributed by atoms with Gasteiger partial charge in [-0.15, -0.1) is 0 Å². The third kappa shape index (κ3) is 2.74. The van der Waals surface area contributed by atoms with Crippen molar-refractivity contribution in [2.75, 3.05) is 11.5 Å². The minimum Gasteiger partial charge on any atom is -0.351 e. The number of hydrogen-bond donors (Lipinski definition) is 1. The number of imide groups is 1. The van der Waals surface area contributed by atoms with Crippen molar-refractivity contribution in [3.8, 4) is 0 Å². The lowest BCUT2D eigenvalue weighted by Crippen LogP contribution is -2.50.